The minimum atomic E-state index is 0. The molecule has 5 heavy (non-hydrogen) atoms. The maximum absolute atomic E-state index is 9.30. The minimum Gasteiger partial charge on any atom is -0.854 e. The molecule has 0 aromatic rings. The van der Waals surface area contributed by atoms with Crippen molar-refractivity contribution in [2.45, 2.75) is 13.3 Å². The fourth-order valence-corrected chi connectivity index (χ4v) is 0. The Balaban J connectivity index is 0. The van der Waals surface area contributed by atoms with E-state index < -0.39 is 0 Å². The molecule has 0 unspecified atom stereocenters. The Morgan fingerprint density at radius 2 is 1.80 bits per heavy atom. The summed E-state index contributed by atoms with van der Waals surface area (Å²) in [5.41, 5.74) is 0. The molecule has 0 aromatic carbocycles. The van der Waals surface area contributed by atoms with Gasteiger partial charge >= 0.3 is 22.4 Å². The van der Waals surface area contributed by atoms with Crippen molar-refractivity contribution in [3.8, 4) is 0 Å². The van der Waals surface area contributed by atoms with Crippen molar-refractivity contribution < 1.29 is 27.5 Å². The molecular formula is C3H7AgO. The van der Waals surface area contributed by atoms with Crippen molar-refractivity contribution in [1.29, 1.82) is 0 Å². The van der Waals surface area contributed by atoms with Gasteiger partial charge in [-0.1, -0.05) is 13.3 Å². The second-order valence-electron chi connectivity index (χ2n) is 0.704. The average molecular weight is 167 g/mol. The maximum atomic E-state index is 9.30. The van der Waals surface area contributed by atoms with Gasteiger partial charge in [0.1, 0.15) is 0 Å². The molecule has 0 fully saturated rings. The standard InChI is InChI=1S/C3H7O.Ag/c1-2-3-4;/h2-3H2,1H3;/q-1;+1. The average Bonchev–Trinajstić information content (AvgIpc) is 1.37. The van der Waals surface area contributed by atoms with Gasteiger partial charge in [-0.25, -0.2) is 0 Å². The summed E-state index contributed by atoms with van der Waals surface area (Å²) in [6, 6.07) is 0. The van der Waals surface area contributed by atoms with Crippen molar-refractivity contribution >= 4 is 0 Å². The molecular weight excluding hydrogens is 160 g/mol. The third-order valence-electron chi connectivity index (χ3n) is 0.204. The SMILES string of the molecule is CCC[O-].[Ag+]. The first kappa shape index (κ1) is 9.20. The zero-order chi connectivity index (χ0) is 3.41. The molecule has 0 N–H and O–H groups in total. The van der Waals surface area contributed by atoms with Crippen LogP contribution in [0.3, 0.4) is 0 Å². The van der Waals surface area contributed by atoms with Crippen LogP contribution in [0.4, 0.5) is 0 Å². The second kappa shape index (κ2) is 8.83. The van der Waals surface area contributed by atoms with Gasteiger partial charge < -0.3 is 5.11 Å². The van der Waals surface area contributed by atoms with Gasteiger partial charge in [-0.2, -0.15) is 0 Å². The Hall–Kier alpha value is 0.700. The third kappa shape index (κ3) is 11.9. The first-order chi connectivity index (χ1) is 1.91. The fourth-order valence-electron chi connectivity index (χ4n) is 0. The van der Waals surface area contributed by atoms with Crippen LogP contribution in [-0.4, -0.2) is 6.61 Å². The summed E-state index contributed by atoms with van der Waals surface area (Å²) in [4.78, 5) is 0. The molecule has 0 saturated heterocycles. The van der Waals surface area contributed by atoms with Crippen LogP contribution < -0.4 is 5.11 Å². The van der Waals surface area contributed by atoms with Gasteiger partial charge in [0.15, 0.2) is 0 Å². The molecule has 0 aliphatic rings. The van der Waals surface area contributed by atoms with Crippen LogP contribution in [0.25, 0.3) is 0 Å². The zero-order valence-corrected chi connectivity index (χ0v) is 4.61. The maximum Gasteiger partial charge on any atom is 1.00 e. The van der Waals surface area contributed by atoms with E-state index in [1.807, 2.05) is 6.92 Å². The molecule has 0 rings (SSSR count). The molecule has 0 aromatic heterocycles. The summed E-state index contributed by atoms with van der Waals surface area (Å²) in [5.74, 6) is 0. The monoisotopic (exact) mass is 166 g/mol. The predicted octanol–water partition coefficient (Wildman–Crippen LogP) is -0.246. The summed E-state index contributed by atoms with van der Waals surface area (Å²) < 4.78 is 0. The predicted molar refractivity (Wildman–Crippen MR) is 15.2 cm³/mol. The van der Waals surface area contributed by atoms with Crippen LogP contribution in [-0.2, 0) is 22.4 Å². The van der Waals surface area contributed by atoms with Crippen LogP contribution in [0.5, 0.6) is 0 Å². The molecule has 2 heteroatoms. The molecule has 0 atom stereocenters. The normalized spacial score (nSPS) is 6.00. The Morgan fingerprint density at radius 1 is 1.60 bits per heavy atom. The quantitative estimate of drug-likeness (QED) is 0.494. The van der Waals surface area contributed by atoms with Gasteiger partial charge in [-0.05, 0) is 0 Å². The largest absolute Gasteiger partial charge is 1.00 e. The summed E-state index contributed by atoms with van der Waals surface area (Å²) in [5, 5.41) is 9.30. The van der Waals surface area contributed by atoms with Crippen molar-refractivity contribution in [3.05, 3.63) is 0 Å². The smallest absolute Gasteiger partial charge is 0.854 e. The van der Waals surface area contributed by atoms with E-state index in [2.05, 4.69) is 0 Å². The molecule has 0 saturated carbocycles. The van der Waals surface area contributed by atoms with Crippen molar-refractivity contribution in [2.24, 2.45) is 0 Å². The van der Waals surface area contributed by atoms with Crippen molar-refractivity contribution in [3.63, 3.8) is 0 Å². The zero-order valence-electron chi connectivity index (χ0n) is 3.12. The van der Waals surface area contributed by atoms with E-state index in [0.717, 1.165) is 6.42 Å². The summed E-state index contributed by atoms with van der Waals surface area (Å²) in [6.07, 6.45) is 0.764. The van der Waals surface area contributed by atoms with Gasteiger partial charge in [-0.3, -0.25) is 0 Å². The Labute approximate surface area is 47.9 Å². The molecule has 0 aliphatic heterocycles. The third-order valence-corrected chi connectivity index (χ3v) is 0.204. The van der Waals surface area contributed by atoms with E-state index in [1.165, 1.54) is 0 Å². The molecule has 36 valence electrons. The van der Waals surface area contributed by atoms with Gasteiger partial charge in [0, 0.05) is 0 Å². The van der Waals surface area contributed by atoms with Crippen LogP contribution in [0.1, 0.15) is 13.3 Å². The summed E-state index contributed by atoms with van der Waals surface area (Å²) >= 11 is 0. The summed E-state index contributed by atoms with van der Waals surface area (Å²) in [6.45, 7) is 1.94. The topological polar surface area (TPSA) is 23.1 Å². The second-order valence-corrected chi connectivity index (χ2v) is 0.704. The molecule has 1 nitrogen and oxygen atoms in total. The van der Waals surface area contributed by atoms with E-state index in [1.54, 1.807) is 0 Å². The molecule has 0 radical (unpaired) electrons. The van der Waals surface area contributed by atoms with Gasteiger partial charge in [0.2, 0.25) is 0 Å². The Morgan fingerprint density at radius 3 is 1.80 bits per heavy atom. The molecule has 0 spiro atoms. The van der Waals surface area contributed by atoms with Gasteiger partial charge in [0.25, 0.3) is 0 Å². The van der Waals surface area contributed by atoms with Crippen LogP contribution >= 0.6 is 0 Å². The van der Waals surface area contributed by atoms with Crippen LogP contribution in [0.2, 0.25) is 0 Å². The first-order valence-corrected chi connectivity index (χ1v) is 1.50. The van der Waals surface area contributed by atoms with E-state index in [0.29, 0.717) is 0 Å². The number of rotatable bonds is 1. The molecule has 0 amide bonds. The Bertz CT molecular complexity index is 8.85. The molecule has 0 bridgehead atoms. The summed E-state index contributed by atoms with van der Waals surface area (Å²) in [7, 11) is 0. The fraction of sp³-hybridized carbons (Fsp3) is 1.00. The molecule has 0 heterocycles. The van der Waals surface area contributed by atoms with Gasteiger partial charge in [0.05, 0.1) is 0 Å². The number of hydrogen-bond acceptors (Lipinski definition) is 1. The van der Waals surface area contributed by atoms with Crippen LogP contribution in [0.15, 0.2) is 0 Å². The van der Waals surface area contributed by atoms with E-state index in [9.17, 15) is 5.11 Å². The van der Waals surface area contributed by atoms with E-state index in [4.69, 9.17) is 0 Å². The minimum absolute atomic E-state index is 0. The molecule has 0 aliphatic carbocycles. The van der Waals surface area contributed by atoms with Gasteiger partial charge in [-0.15, -0.1) is 6.61 Å². The van der Waals surface area contributed by atoms with Crippen LogP contribution in [0, 0.1) is 0 Å². The van der Waals surface area contributed by atoms with E-state index in [-0.39, 0.29) is 29.0 Å². The Kier molecular flexibility index (Phi) is 16.2. The van der Waals surface area contributed by atoms with E-state index >= 15 is 0 Å². The first-order valence-electron chi connectivity index (χ1n) is 1.50. The van der Waals surface area contributed by atoms with Crippen molar-refractivity contribution in [1.82, 2.24) is 0 Å². The van der Waals surface area contributed by atoms with Crippen molar-refractivity contribution in [2.75, 3.05) is 6.61 Å². The number of hydrogen-bond donors (Lipinski definition) is 0.